The Bertz CT molecular complexity index is 504. The van der Waals surface area contributed by atoms with Crippen molar-refractivity contribution in [1.82, 2.24) is 9.55 Å². The normalized spacial score (nSPS) is 27.0. The fraction of sp³-hybridized carbons (Fsp3) is 0.400. The van der Waals surface area contributed by atoms with Crippen LogP contribution in [-0.2, 0) is 4.74 Å². The van der Waals surface area contributed by atoms with Crippen molar-refractivity contribution in [2.45, 2.75) is 18.4 Å². The minimum Gasteiger partial charge on any atom is -0.394 e. The van der Waals surface area contributed by atoms with Gasteiger partial charge >= 0.3 is 5.69 Å². The average Bonchev–Trinajstić information content (AvgIpc) is 2.57. The summed E-state index contributed by atoms with van der Waals surface area (Å²) in [7, 11) is 0. The second-order valence-corrected chi connectivity index (χ2v) is 3.77. The smallest absolute Gasteiger partial charge is 0.351 e. The third-order valence-electron chi connectivity index (χ3n) is 2.64. The van der Waals surface area contributed by atoms with E-state index in [1.165, 1.54) is 12.3 Å². The predicted octanol–water partition coefficient (Wildman–Crippen LogP) is -0.946. The second-order valence-electron chi connectivity index (χ2n) is 3.77. The van der Waals surface area contributed by atoms with E-state index in [0.29, 0.717) is 5.57 Å². The van der Waals surface area contributed by atoms with Crippen molar-refractivity contribution in [3.8, 4) is 0 Å². The van der Waals surface area contributed by atoms with E-state index in [1.807, 2.05) is 0 Å². The molecule has 1 unspecified atom stereocenters. The largest absolute Gasteiger partial charge is 0.394 e. The lowest BCUT2D eigenvalue weighted by Crippen LogP contribution is -2.28. The third-order valence-corrected chi connectivity index (χ3v) is 2.64. The van der Waals surface area contributed by atoms with E-state index < -0.39 is 24.1 Å². The number of nitrogens with two attached hydrogens (primary N) is 1. The van der Waals surface area contributed by atoms with Crippen molar-refractivity contribution < 1.29 is 14.9 Å². The molecule has 0 radical (unpaired) electrons. The summed E-state index contributed by atoms with van der Waals surface area (Å²) >= 11 is 0. The Balaban J connectivity index is 0.00000162. The quantitative estimate of drug-likeness (QED) is 0.601. The molecule has 3 atom stereocenters. The van der Waals surface area contributed by atoms with Gasteiger partial charge in [0.25, 0.3) is 0 Å². The summed E-state index contributed by atoms with van der Waals surface area (Å²) in [5, 5.41) is 18.7. The number of aliphatic hydroxyl groups is 2. The lowest BCUT2D eigenvalue weighted by molar-refractivity contribution is -0.0447. The minimum atomic E-state index is -1.01. The van der Waals surface area contributed by atoms with Gasteiger partial charge < -0.3 is 20.7 Å². The molecule has 18 heavy (non-hydrogen) atoms. The standard InChI is InChI=1S/C10H13N3O4.ClH/c1-5-8(15)6(4-14)17-9(5)13-3-2-7(11)12-10(13)16;/h2-3,6,8-9,14-15H,1,4H2,(H2,11,12,16);1H/t6-,8?,9-;/m1./s1. The predicted molar refractivity (Wildman–Crippen MR) is 66.3 cm³/mol. The number of hydrogen-bond donors (Lipinski definition) is 3. The van der Waals surface area contributed by atoms with E-state index >= 15 is 0 Å². The molecule has 1 aromatic rings. The number of nitrogen functional groups attached to an aromatic ring is 1. The van der Waals surface area contributed by atoms with Crippen molar-refractivity contribution in [3.05, 3.63) is 34.9 Å². The molecular formula is C10H14ClN3O4. The van der Waals surface area contributed by atoms with Crippen LogP contribution in [0, 0.1) is 0 Å². The first-order chi connectivity index (χ1) is 8.04. The highest BCUT2D eigenvalue weighted by atomic mass is 35.5. The maximum atomic E-state index is 11.6. The minimum absolute atomic E-state index is 0. The van der Waals surface area contributed by atoms with Gasteiger partial charge in [-0.2, -0.15) is 4.98 Å². The van der Waals surface area contributed by atoms with Gasteiger partial charge in [0.1, 0.15) is 18.0 Å². The molecule has 1 aliphatic heterocycles. The van der Waals surface area contributed by atoms with Crippen LogP contribution in [0.15, 0.2) is 29.2 Å². The number of halogens is 1. The van der Waals surface area contributed by atoms with Gasteiger partial charge in [-0.25, -0.2) is 4.79 Å². The summed E-state index contributed by atoms with van der Waals surface area (Å²) in [5.74, 6) is 0.106. The lowest BCUT2D eigenvalue weighted by Gasteiger charge is -2.14. The number of ether oxygens (including phenoxy) is 1. The van der Waals surface area contributed by atoms with E-state index in [0.717, 1.165) is 4.57 Å². The maximum absolute atomic E-state index is 11.6. The van der Waals surface area contributed by atoms with Gasteiger partial charge in [0.2, 0.25) is 0 Å². The monoisotopic (exact) mass is 275 g/mol. The van der Waals surface area contributed by atoms with Crippen molar-refractivity contribution in [2.75, 3.05) is 12.3 Å². The molecule has 8 heteroatoms. The zero-order chi connectivity index (χ0) is 12.6. The van der Waals surface area contributed by atoms with Crippen LogP contribution in [0.4, 0.5) is 5.82 Å². The molecule has 0 aliphatic carbocycles. The van der Waals surface area contributed by atoms with Crippen molar-refractivity contribution in [3.63, 3.8) is 0 Å². The van der Waals surface area contributed by atoms with Gasteiger partial charge in [-0.3, -0.25) is 4.57 Å². The van der Waals surface area contributed by atoms with Crippen LogP contribution in [0.3, 0.4) is 0 Å². The Morgan fingerprint density at radius 1 is 1.61 bits per heavy atom. The first-order valence-electron chi connectivity index (χ1n) is 5.02. The molecule has 0 amide bonds. The summed E-state index contributed by atoms with van der Waals surface area (Å²) < 4.78 is 6.49. The van der Waals surface area contributed by atoms with Crippen molar-refractivity contribution in [1.29, 1.82) is 0 Å². The van der Waals surface area contributed by atoms with Crippen molar-refractivity contribution in [2.24, 2.45) is 0 Å². The van der Waals surface area contributed by atoms with Crippen LogP contribution in [0.2, 0.25) is 0 Å². The van der Waals surface area contributed by atoms with Gasteiger partial charge in [0.05, 0.1) is 6.61 Å². The molecule has 2 heterocycles. The van der Waals surface area contributed by atoms with Gasteiger partial charge in [-0.05, 0) is 6.07 Å². The zero-order valence-electron chi connectivity index (χ0n) is 9.39. The number of aliphatic hydroxyl groups excluding tert-OH is 2. The van der Waals surface area contributed by atoms with Crippen LogP contribution in [0.1, 0.15) is 6.23 Å². The average molecular weight is 276 g/mol. The van der Waals surface area contributed by atoms with E-state index in [4.69, 9.17) is 15.6 Å². The lowest BCUT2D eigenvalue weighted by atomic mass is 10.1. The van der Waals surface area contributed by atoms with Crippen LogP contribution < -0.4 is 11.4 Å². The molecular weight excluding hydrogens is 262 g/mol. The number of aromatic nitrogens is 2. The molecule has 1 aromatic heterocycles. The highest BCUT2D eigenvalue weighted by molar-refractivity contribution is 5.85. The molecule has 1 saturated heterocycles. The van der Waals surface area contributed by atoms with E-state index in [2.05, 4.69) is 11.6 Å². The summed E-state index contributed by atoms with van der Waals surface area (Å²) in [5.41, 5.74) is 5.07. The van der Waals surface area contributed by atoms with Crippen LogP contribution in [0.5, 0.6) is 0 Å². The molecule has 7 nitrogen and oxygen atoms in total. The zero-order valence-corrected chi connectivity index (χ0v) is 10.2. The summed E-state index contributed by atoms with van der Waals surface area (Å²) in [6.07, 6.45) is -1.21. The number of nitrogens with zero attached hydrogens (tertiary/aromatic N) is 2. The Labute approximate surface area is 109 Å². The van der Waals surface area contributed by atoms with Gasteiger partial charge in [-0.15, -0.1) is 12.4 Å². The number of hydrogen-bond acceptors (Lipinski definition) is 6. The molecule has 0 bridgehead atoms. The third kappa shape index (κ3) is 2.39. The van der Waals surface area contributed by atoms with Crippen LogP contribution in [-0.4, -0.2) is 38.6 Å². The Hall–Kier alpha value is -1.41. The molecule has 0 spiro atoms. The van der Waals surface area contributed by atoms with E-state index in [9.17, 15) is 9.90 Å². The Morgan fingerprint density at radius 2 is 2.28 bits per heavy atom. The summed E-state index contributed by atoms with van der Waals surface area (Å²) in [4.78, 5) is 15.1. The first-order valence-corrected chi connectivity index (χ1v) is 5.02. The molecule has 4 N–H and O–H groups in total. The van der Waals surface area contributed by atoms with Gasteiger partial charge in [-0.1, -0.05) is 6.58 Å². The topological polar surface area (TPSA) is 111 Å². The van der Waals surface area contributed by atoms with E-state index in [1.54, 1.807) is 0 Å². The molecule has 1 aliphatic rings. The Morgan fingerprint density at radius 3 is 2.78 bits per heavy atom. The molecule has 1 fully saturated rings. The molecule has 2 rings (SSSR count). The molecule has 100 valence electrons. The summed E-state index contributed by atoms with van der Waals surface area (Å²) in [6.45, 7) is 3.30. The van der Waals surface area contributed by atoms with Crippen LogP contribution in [0.25, 0.3) is 0 Å². The van der Waals surface area contributed by atoms with E-state index in [-0.39, 0.29) is 24.8 Å². The number of anilines is 1. The SMILES string of the molecule is C=C1C(O)[C@@H](CO)O[C@H]1n1ccc(N)nc1=O.Cl. The highest BCUT2D eigenvalue weighted by Gasteiger charge is 2.38. The second kappa shape index (κ2) is 5.49. The van der Waals surface area contributed by atoms with Crippen LogP contribution >= 0.6 is 12.4 Å². The first kappa shape index (κ1) is 14.7. The fourth-order valence-corrected chi connectivity index (χ4v) is 1.70. The van der Waals surface area contributed by atoms with Gasteiger partial charge in [0, 0.05) is 11.8 Å². The Kier molecular flexibility index (Phi) is 4.47. The highest BCUT2D eigenvalue weighted by Crippen LogP contribution is 2.31. The fourth-order valence-electron chi connectivity index (χ4n) is 1.70. The molecule has 0 saturated carbocycles. The summed E-state index contributed by atoms with van der Waals surface area (Å²) in [6, 6.07) is 1.44. The maximum Gasteiger partial charge on any atom is 0.351 e. The van der Waals surface area contributed by atoms with Crippen molar-refractivity contribution >= 4 is 18.2 Å². The van der Waals surface area contributed by atoms with Gasteiger partial charge in [0.15, 0.2) is 6.23 Å². The molecule has 0 aromatic carbocycles. The number of rotatable bonds is 2.